The van der Waals surface area contributed by atoms with Gasteiger partial charge in [0.15, 0.2) is 5.13 Å². The van der Waals surface area contributed by atoms with Crippen molar-refractivity contribution < 1.29 is 4.74 Å². The molecule has 0 fully saturated rings. The molecule has 0 amide bonds. The molecule has 1 N–H and O–H groups in total. The van der Waals surface area contributed by atoms with Crippen LogP contribution in [0.4, 0.5) is 10.8 Å². The van der Waals surface area contributed by atoms with Gasteiger partial charge >= 0.3 is 0 Å². The van der Waals surface area contributed by atoms with Crippen LogP contribution >= 0.6 is 11.3 Å². The molecule has 0 aliphatic heterocycles. The number of fused-ring (bicyclic) bond motifs is 3. The lowest BCUT2D eigenvalue weighted by Crippen LogP contribution is -1.95. The normalized spacial score (nSPS) is 15.0. The fourth-order valence-corrected chi connectivity index (χ4v) is 4.35. The summed E-state index contributed by atoms with van der Waals surface area (Å²) >= 11 is 1.61. The summed E-state index contributed by atoms with van der Waals surface area (Å²) in [5, 5.41) is 13.3. The van der Waals surface area contributed by atoms with E-state index in [1.807, 2.05) is 0 Å². The zero-order valence-corrected chi connectivity index (χ0v) is 15.6. The molecular weight excluding hydrogens is 342 g/mol. The summed E-state index contributed by atoms with van der Waals surface area (Å²) in [5.74, 6) is 1.20. The molecule has 1 unspecified atom stereocenters. The number of ether oxygens (including phenoxy) is 1. The van der Waals surface area contributed by atoms with Gasteiger partial charge in [-0.05, 0) is 36.2 Å². The van der Waals surface area contributed by atoms with Crippen molar-refractivity contribution in [1.29, 1.82) is 5.26 Å². The van der Waals surface area contributed by atoms with E-state index < -0.39 is 0 Å². The number of nitrogens with zero attached hydrogens (tertiary/aromatic N) is 2. The standard InChI is InChI=1S/C21H19N3OS/c1-3-4-14-6-7-16-15(14)8-10-19-20(16)24-21(26-19)23-17-11-13(12-22)5-9-18(17)25-2/h5-11,14H,3-4H2,1-2H3,(H,23,24). The van der Waals surface area contributed by atoms with Crippen LogP contribution in [-0.4, -0.2) is 12.1 Å². The second-order valence-corrected chi connectivity index (χ2v) is 7.37. The highest BCUT2D eigenvalue weighted by Gasteiger charge is 2.20. The SMILES string of the molecule is CCCC1C=Cc2c1ccc1sc(Nc3cc(C#N)ccc3OC)nc21. The van der Waals surface area contributed by atoms with Crippen molar-refractivity contribution in [3.63, 3.8) is 0 Å². The fraction of sp³-hybridized carbons (Fsp3) is 0.238. The minimum absolute atomic E-state index is 0.505. The molecule has 4 nitrogen and oxygen atoms in total. The topological polar surface area (TPSA) is 57.9 Å². The number of hydrogen-bond acceptors (Lipinski definition) is 5. The summed E-state index contributed by atoms with van der Waals surface area (Å²) in [6.07, 6.45) is 6.84. The van der Waals surface area contributed by atoms with Crippen molar-refractivity contribution in [2.24, 2.45) is 0 Å². The second kappa shape index (κ2) is 6.81. The maximum absolute atomic E-state index is 9.14. The number of allylic oxidation sites excluding steroid dienone is 1. The van der Waals surface area contributed by atoms with Crippen LogP contribution in [0.1, 0.15) is 42.4 Å². The van der Waals surface area contributed by atoms with Crippen LogP contribution in [0.15, 0.2) is 36.4 Å². The molecule has 0 saturated carbocycles. The Morgan fingerprint density at radius 1 is 1.31 bits per heavy atom. The molecule has 5 heteroatoms. The number of thiazole rings is 1. The molecule has 0 spiro atoms. The fourth-order valence-electron chi connectivity index (χ4n) is 3.45. The lowest BCUT2D eigenvalue weighted by Gasteiger charge is -2.09. The third-order valence-corrected chi connectivity index (χ3v) is 5.63. The number of nitrogens with one attached hydrogen (secondary N) is 1. The maximum Gasteiger partial charge on any atom is 0.188 e. The summed E-state index contributed by atoms with van der Waals surface area (Å²) in [5.41, 5.74) is 4.99. The largest absolute Gasteiger partial charge is 0.495 e. The zero-order valence-electron chi connectivity index (χ0n) is 14.7. The number of benzene rings is 2. The van der Waals surface area contributed by atoms with Crippen LogP contribution in [0.3, 0.4) is 0 Å². The van der Waals surface area contributed by atoms with Crippen molar-refractivity contribution >= 4 is 38.4 Å². The Labute approximate surface area is 156 Å². The van der Waals surface area contributed by atoms with Crippen LogP contribution in [0.5, 0.6) is 5.75 Å². The highest BCUT2D eigenvalue weighted by molar-refractivity contribution is 7.22. The summed E-state index contributed by atoms with van der Waals surface area (Å²) in [7, 11) is 1.62. The molecule has 4 rings (SSSR count). The number of rotatable bonds is 5. The Bertz CT molecular complexity index is 1050. The number of methoxy groups -OCH3 is 1. The van der Waals surface area contributed by atoms with E-state index in [0.29, 0.717) is 17.2 Å². The predicted molar refractivity (Wildman–Crippen MR) is 107 cm³/mol. The van der Waals surface area contributed by atoms with Crippen molar-refractivity contribution in [1.82, 2.24) is 4.98 Å². The summed E-state index contributed by atoms with van der Waals surface area (Å²) in [4.78, 5) is 4.82. The summed E-state index contributed by atoms with van der Waals surface area (Å²) in [6, 6.07) is 11.9. The first-order valence-electron chi connectivity index (χ1n) is 8.70. The zero-order chi connectivity index (χ0) is 18.1. The van der Waals surface area contributed by atoms with E-state index in [0.717, 1.165) is 21.0 Å². The molecular formula is C21H19N3OS. The highest BCUT2D eigenvalue weighted by Crippen LogP contribution is 2.40. The van der Waals surface area contributed by atoms with E-state index in [4.69, 9.17) is 15.0 Å². The molecule has 1 heterocycles. The van der Waals surface area contributed by atoms with Crippen LogP contribution in [0.2, 0.25) is 0 Å². The third kappa shape index (κ3) is 2.83. The van der Waals surface area contributed by atoms with E-state index >= 15 is 0 Å². The summed E-state index contributed by atoms with van der Waals surface area (Å²) in [6.45, 7) is 2.22. The summed E-state index contributed by atoms with van der Waals surface area (Å²) < 4.78 is 6.56. The average Bonchev–Trinajstić information content (AvgIpc) is 3.25. The minimum atomic E-state index is 0.505. The lowest BCUT2D eigenvalue weighted by atomic mass is 9.96. The molecule has 2 aromatic carbocycles. The van der Waals surface area contributed by atoms with Gasteiger partial charge in [0.2, 0.25) is 0 Å². The van der Waals surface area contributed by atoms with E-state index in [-0.39, 0.29) is 0 Å². The average molecular weight is 361 g/mol. The third-order valence-electron chi connectivity index (χ3n) is 4.70. The Morgan fingerprint density at radius 3 is 2.96 bits per heavy atom. The molecule has 0 saturated heterocycles. The van der Waals surface area contributed by atoms with Gasteiger partial charge in [-0.25, -0.2) is 4.98 Å². The Balaban J connectivity index is 1.72. The van der Waals surface area contributed by atoms with Crippen molar-refractivity contribution in [2.75, 3.05) is 12.4 Å². The quantitative estimate of drug-likeness (QED) is 0.621. The van der Waals surface area contributed by atoms with Gasteiger partial charge in [-0.3, -0.25) is 0 Å². The van der Waals surface area contributed by atoms with Crippen LogP contribution in [0.25, 0.3) is 16.3 Å². The molecule has 1 aromatic heterocycles. The van der Waals surface area contributed by atoms with Crippen LogP contribution < -0.4 is 10.1 Å². The van der Waals surface area contributed by atoms with Gasteiger partial charge < -0.3 is 10.1 Å². The smallest absolute Gasteiger partial charge is 0.188 e. The van der Waals surface area contributed by atoms with Crippen molar-refractivity contribution in [3.8, 4) is 11.8 Å². The van der Waals surface area contributed by atoms with Crippen molar-refractivity contribution in [3.05, 3.63) is 53.1 Å². The first-order valence-corrected chi connectivity index (χ1v) is 9.52. The van der Waals surface area contributed by atoms with Gasteiger partial charge in [0.05, 0.1) is 34.6 Å². The van der Waals surface area contributed by atoms with Gasteiger partial charge in [0.1, 0.15) is 5.75 Å². The minimum Gasteiger partial charge on any atom is -0.495 e. The van der Waals surface area contributed by atoms with Crippen molar-refractivity contribution in [2.45, 2.75) is 25.7 Å². The van der Waals surface area contributed by atoms with E-state index in [9.17, 15) is 0 Å². The number of anilines is 2. The Hall–Kier alpha value is -2.84. The van der Waals surface area contributed by atoms with Crippen LogP contribution in [0, 0.1) is 11.3 Å². The molecule has 1 atom stereocenters. The first kappa shape index (κ1) is 16.6. The molecule has 3 aromatic rings. The van der Waals surface area contributed by atoms with Gasteiger partial charge in [0, 0.05) is 11.5 Å². The number of aromatic nitrogens is 1. The second-order valence-electron chi connectivity index (χ2n) is 6.34. The predicted octanol–water partition coefficient (Wildman–Crippen LogP) is 5.83. The van der Waals surface area contributed by atoms with Gasteiger partial charge in [-0.15, -0.1) is 0 Å². The maximum atomic E-state index is 9.14. The van der Waals surface area contributed by atoms with E-state index in [2.05, 4.69) is 42.6 Å². The molecule has 1 aliphatic rings. The number of nitriles is 1. The number of hydrogen-bond donors (Lipinski definition) is 1. The lowest BCUT2D eigenvalue weighted by molar-refractivity contribution is 0.417. The molecule has 0 bridgehead atoms. The highest BCUT2D eigenvalue weighted by atomic mass is 32.1. The van der Waals surface area contributed by atoms with Gasteiger partial charge in [0.25, 0.3) is 0 Å². The van der Waals surface area contributed by atoms with Crippen LogP contribution in [-0.2, 0) is 0 Å². The Kier molecular flexibility index (Phi) is 4.36. The molecule has 0 radical (unpaired) electrons. The molecule has 130 valence electrons. The Morgan fingerprint density at radius 2 is 2.19 bits per heavy atom. The van der Waals surface area contributed by atoms with Gasteiger partial charge in [-0.2, -0.15) is 5.26 Å². The van der Waals surface area contributed by atoms with E-state index in [1.54, 1.807) is 36.6 Å². The molecule has 26 heavy (non-hydrogen) atoms. The van der Waals surface area contributed by atoms with E-state index in [1.165, 1.54) is 24.0 Å². The van der Waals surface area contributed by atoms with Gasteiger partial charge in [-0.1, -0.05) is 42.9 Å². The first-order chi connectivity index (χ1) is 12.7. The molecule has 1 aliphatic carbocycles. The monoisotopic (exact) mass is 361 g/mol.